The topological polar surface area (TPSA) is 99.2 Å². The van der Waals surface area contributed by atoms with E-state index in [2.05, 4.69) is 5.32 Å². The molecule has 1 aliphatic rings. The van der Waals surface area contributed by atoms with Gasteiger partial charge in [-0.15, -0.1) is 0 Å². The molecule has 0 radical (unpaired) electrons. The maximum absolute atomic E-state index is 10.9. The van der Waals surface area contributed by atoms with E-state index in [-0.39, 0.29) is 17.9 Å². The molecular weight excluding hydrogens is 258 g/mol. The molecule has 0 spiro atoms. The van der Waals surface area contributed by atoms with E-state index in [4.69, 9.17) is 5.26 Å². The third-order valence-electron chi connectivity index (χ3n) is 3.93. The van der Waals surface area contributed by atoms with Gasteiger partial charge in [0.1, 0.15) is 11.6 Å². The van der Waals surface area contributed by atoms with Crippen LogP contribution in [0, 0.1) is 33.3 Å². The van der Waals surface area contributed by atoms with E-state index in [1.165, 1.54) is 12.1 Å². The van der Waals surface area contributed by atoms with E-state index < -0.39 is 4.92 Å². The number of aliphatic hydroxyl groups is 1. The summed E-state index contributed by atoms with van der Waals surface area (Å²) in [5, 5.41) is 32.1. The maximum atomic E-state index is 10.9. The summed E-state index contributed by atoms with van der Waals surface area (Å²) in [5.41, 5.74) is 0.525. The Balaban J connectivity index is 2.05. The SMILES string of the molecule is N#Cc1ccc(NCC2CCCC2CO)cc1[N+](=O)[O-]. The highest BCUT2D eigenvalue weighted by atomic mass is 16.6. The molecule has 2 rings (SSSR count). The second-order valence-electron chi connectivity index (χ2n) is 5.12. The predicted molar refractivity (Wildman–Crippen MR) is 74.2 cm³/mol. The minimum absolute atomic E-state index is 0.0645. The Morgan fingerprint density at radius 1 is 1.45 bits per heavy atom. The van der Waals surface area contributed by atoms with Crippen LogP contribution >= 0.6 is 0 Å². The van der Waals surface area contributed by atoms with E-state index in [0.29, 0.717) is 24.1 Å². The van der Waals surface area contributed by atoms with Crippen LogP contribution in [0.1, 0.15) is 24.8 Å². The van der Waals surface area contributed by atoms with Crippen molar-refractivity contribution in [3.05, 3.63) is 33.9 Å². The Labute approximate surface area is 117 Å². The average Bonchev–Trinajstić information content (AvgIpc) is 2.92. The zero-order chi connectivity index (χ0) is 14.5. The van der Waals surface area contributed by atoms with Gasteiger partial charge in [0.25, 0.3) is 5.69 Å². The lowest BCUT2D eigenvalue weighted by Gasteiger charge is -2.18. The monoisotopic (exact) mass is 275 g/mol. The molecule has 0 bridgehead atoms. The largest absolute Gasteiger partial charge is 0.396 e. The number of nitrogens with zero attached hydrogens (tertiary/aromatic N) is 2. The van der Waals surface area contributed by atoms with E-state index in [0.717, 1.165) is 19.3 Å². The number of benzene rings is 1. The molecule has 1 aromatic carbocycles. The first-order valence-electron chi connectivity index (χ1n) is 6.69. The van der Waals surface area contributed by atoms with Gasteiger partial charge in [0.2, 0.25) is 0 Å². The Morgan fingerprint density at radius 3 is 2.85 bits per heavy atom. The molecule has 6 heteroatoms. The zero-order valence-corrected chi connectivity index (χ0v) is 11.1. The minimum Gasteiger partial charge on any atom is -0.396 e. The highest BCUT2D eigenvalue weighted by molar-refractivity contribution is 5.59. The predicted octanol–water partition coefficient (Wildman–Crippen LogP) is 2.29. The van der Waals surface area contributed by atoms with Crippen molar-refractivity contribution in [2.24, 2.45) is 11.8 Å². The summed E-state index contributed by atoms with van der Waals surface area (Å²) in [7, 11) is 0. The molecule has 2 N–H and O–H groups in total. The van der Waals surface area contributed by atoms with Crippen LogP contribution < -0.4 is 5.32 Å². The quantitative estimate of drug-likeness (QED) is 0.634. The van der Waals surface area contributed by atoms with Crippen molar-refractivity contribution in [1.29, 1.82) is 5.26 Å². The number of aliphatic hydroxyl groups excluding tert-OH is 1. The maximum Gasteiger partial charge on any atom is 0.289 e. The van der Waals surface area contributed by atoms with Gasteiger partial charge in [-0.25, -0.2) is 0 Å². The number of hydrogen-bond acceptors (Lipinski definition) is 5. The number of nitro groups is 1. The van der Waals surface area contributed by atoms with E-state index in [1.54, 1.807) is 6.07 Å². The summed E-state index contributed by atoms with van der Waals surface area (Å²) in [4.78, 5) is 10.3. The number of nitro benzene ring substituents is 1. The van der Waals surface area contributed by atoms with Crippen molar-refractivity contribution in [1.82, 2.24) is 0 Å². The van der Waals surface area contributed by atoms with Crippen LogP contribution in [-0.2, 0) is 0 Å². The lowest BCUT2D eigenvalue weighted by Crippen LogP contribution is -2.20. The molecule has 1 saturated carbocycles. The number of hydrogen-bond donors (Lipinski definition) is 2. The Kier molecular flexibility index (Phi) is 4.53. The molecule has 2 atom stereocenters. The molecule has 106 valence electrons. The Bertz CT molecular complexity index is 539. The molecule has 1 aromatic rings. The molecular formula is C14H17N3O3. The van der Waals surface area contributed by atoms with Crippen LogP contribution in [0.15, 0.2) is 18.2 Å². The van der Waals surface area contributed by atoms with Gasteiger partial charge >= 0.3 is 0 Å². The van der Waals surface area contributed by atoms with E-state index in [9.17, 15) is 15.2 Å². The van der Waals surface area contributed by atoms with Crippen LogP contribution in [0.5, 0.6) is 0 Å². The summed E-state index contributed by atoms with van der Waals surface area (Å²) < 4.78 is 0. The molecule has 6 nitrogen and oxygen atoms in total. The Morgan fingerprint density at radius 2 is 2.20 bits per heavy atom. The van der Waals surface area contributed by atoms with Crippen molar-refractivity contribution in [3.63, 3.8) is 0 Å². The highest BCUT2D eigenvalue weighted by Gasteiger charge is 2.26. The average molecular weight is 275 g/mol. The second kappa shape index (κ2) is 6.35. The van der Waals surface area contributed by atoms with Crippen LogP contribution in [0.4, 0.5) is 11.4 Å². The van der Waals surface area contributed by atoms with Crippen molar-refractivity contribution >= 4 is 11.4 Å². The van der Waals surface area contributed by atoms with Gasteiger partial charge in [-0.1, -0.05) is 6.42 Å². The minimum atomic E-state index is -0.546. The van der Waals surface area contributed by atoms with Gasteiger partial charge in [0.05, 0.1) is 4.92 Å². The first kappa shape index (κ1) is 14.3. The smallest absolute Gasteiger partial charge is 0.289 e. The van der Waals surface area contributed by atoms with Crippen LogP contribution in [0.2, 0.25) is 0 Å². The number of nitriles is 1. The van der Waals surface area contributed by atoms with Gasteiger partial charge in [0.15, 0.2) is 0 Å². The van der Waals surface area contributed by atoms with Gasteiger partial charge in [0, 0.05) is 24.9 Å². The standard InChI is InChI=1S/C14H17N3O3/c15-7-10-4-5-13(6-14(10)17(19)20)16-8-11-2-1-3-12(11)9-18/h4-6,11-12,16,18H,1-3,8-9H2. The van der Waals surface area contributed by atoms with Crippen molar-refractivity contribution < 1.29 is 10.0 Å². The fraction of sp³-hybridized carbons (Fsp3) is 0.500. The van der Waals surface area contributed by atoms with Crippen LogP contribution in [0.25, 0.3) is 0 Å². The fourth-order valence-corrected chi connectivity index (χ4v) is 2.76. The van der Waals surface area contributed by atoms with Gasteiger partial charge in [-0.05, 0) is 36.8 Å². The summed E-state index contributed by atoms with van der Waals surface area (Å²) >= 11 is 0. The normalized spacial score (nSPS) is 21.4. The third-order valence-corrected chi connectivity index (χ3v) is 3.93. The summed E-state index contributed by atoms with van der Waals surface area (Å²) in [5.74, 6) is 0.713. The number of rotatable bonds is 5. The van der Waals surface area contributed by atoms with Crippen molar-refractivity contribution in [3.8, 4) is 6.07 Å². The number of anilines is 1. The second-order valence-corrected chi connectivity index (χ2v) is 5.12. The first-order chi connectivity index (χ1) is 9.65. The molecule has 0 aromatic heterocycles. The molecule has 1 fully saturated rings. The molecule has 0 heterocycles. The van der Waals surface area contributed by atoms with Gasteiger partial charge in [-0.2, -0.15) is 5.26 Å². The molecule has 0 aliphatic heterocycles. The highest BCUT2D eigenvalue weighted by Crippen LogP contribution is 2.32. The summed E-state index contributed by atoms with van der Waals surface area (Å²) in [6.07, 6.45) is 3.22. The lowest BCUT2D eigenvalue weighted by atomic mass is 9.97. The number of nitrogens with one attached hydrogen (secondary N) is 1. The van der Waals surface area contributed by atoms with Crippen LogP contribution in [0.3, 0.4) is 0 Å². The summed E-state index contributed by atoms with van der Waals surface area (Å²) in [6.45, 7) is 0.883. The summed E-state index contributed by atoms with van der Waals surface area (Å²) in [6, 6.07) is 6.34. The lowest BCUT2D eigenvalue weighted by molar-refractivity contribution is -0.385. The molecule has 20 heavy (non-hydrogen) atoms. The van der Waals surface area contributed by atoms with Crippen molar-refractivity contribution in [2.45, 2.75) is 19.3 Å². The van der Waals surface area contributed by atoms with Crippen LogP contribution in [-0.4, -0.2) is 23.2 Å². The third kappa shape index (κ3) is 3.06. The van der Waals surface area contributed by atoms with Gasteiger partial charge in [-0.3, -0.25) is 10.1 Å². The van der Waals surface area contributed by atoms with E-state index >= 15 is 0 Å². The van der Waals surface area contributed by atoms with E-state index in [1.807, 2.05) is 6.07 Å². The molecule has 1 aliphatic carbocycles. The van der Waals surface area contributed by atoms with Gasteiger partial charge < -0.3 is 10.4 Å². The fourth-order valence-electron chi connectivity index (χ4n) is 2.76. The zero-order valence-electron chi connectivity index (χ0n) is 11.1. The molecule has 2 unspecified atom stereocenters. The Hall–Kier alpha value is -2.13. The van der Waals surface area contributed by atoms with Crippen molar-refractivity contribution in [2.75, 3.05) is 18.5 Å². The molecule has 0 amide bonds. The molecule has 0 saturated heterocycles. The first-order valence-corrected chi connectivity index (χ1v) is 6.69.